The average molecular weight is 281 g/mol. The normalized spacial score (nSPS) is 14.4. The van der Waals surface area contributed by atoms with Crippen LogP contribution in [-0.2, 0) is 19.6 Å². The molecule has 18 heavy (non-hydrogen) atoms. The Morgan fingerprint density at radius 1 is 1.44 bits per heavy atom. The highest BCUT2D eigenvalue weighted by molar-refractivity contribution is 7.89. The van der Waals surface area contributed by atoms with Crippen LogP contribution in [0.4, 0.5) is 0 Å². The van der Waals surface area contributed by atoms with Crippen LogP contribution in [0.5, 0.6) is 0 Å². The summed E-state index contributed by atoms with van der Waals surface area (Å²) in [5.41, 5.74) is -0.848. The van der Waals surface area contributed by atoms with Crippen LogP contribution < -0.4 is 4.72 Å². The number of hydrogen-bond acceptors (Lipinski definition) is 4. The van der Waals surface area contributed by atoms with E-state index in [1.54, 1.807) is 13.8 Å². The molecule has 1 atom stereocenters. The van der Waals surface area contributed by atoms with Crippen molar-refractivity contribution in [2.24, 2.45) is 0 Å². The minimum absolute atomic E-state index is 0.271. The fraction of sp³-hybridized carbons (Fsp3) is 0.909. The number of carbonyl (C=O) groups is 1. The number of ether oxygens (including phenoxy) is 1. The van der Waals surface area contributed by atoms with Crippen LogP contribution in [0.2, 0.25) is 0 Å². The predicted molar refractivity (Wildman–Crippen MR) is 69.0 cm³/mol. The summed E-state index contributed by atoms with van der Waals surface area (Å²) in [6.07, 6.45) is 1.76. The summed E-state index contributed by atoms with van der Waals surface area (Å²) in [5.74, 6) is -1.42. The third-order valence-electron chi connectivity index (χ3n) is 2.56. The number of aliphatic carboxylic acids is 1. The van der Waals surface area contributed by atoms with Crippen LogP contribution in [0.15, 0.2) is 0 Å². The molecule has 0 unspecified atom stereocenters. The smallest absolute Gasteiger partial charge is 0.321 e. The zero-order valence-electron chi connectivity index (χ0n) is 11.4. The lowest BCUT2D eigenvalue weighted by Gasteiger charge is -2.24. The van der Waals surface area contributed by atoms with Gasteiger partial charge in [-0.3, -0.25) is 4.79 Å². The van der Waals surface area contributed by atoms with E-state index in [0.29, 0.717) is 12.8 Å². The van der Waals surface area contributed by atoms with Crippen LogP contribution in [0.3, 0.4) is 0 Å². The number of unbranched alkanes of at least 4 members (excludes halogenated alkanes) is 1. The van der Waals surface area contributed by atoms with Gasteiger partial charge in [-0.05, 0) is 20.3 Å². The quantitative estimate of drug-likeness (QED) is 0.657. The van der Waals surface area contributed by atoms with Gasteiger partial charge in [0, 0.05) is 7.11 Å². The highest BCUT2D eigenvalue weighted by Gasteiger charge is 2.29. The number of nitrogens with one attached hydrogen (secondary N) is 1. The number of rotatable bonds is 9. The lowest BCUT2D eigenvalue weighted by atomic mass is 10.1. The zero-order valence-corrected chi connectivity index (χ0v) is 12.2. The Morgan fingerprint density at radius 3 is 2.39 bits per heavy atom. The zero-order chi connectivity index (χ0) is 14.4. The van der Waals surface area contributed by atoms with Crippen molar-refractivity contribution >= 4 is 16.0 Å². The number of methoxy groups -OCH3 is 1. The summed E-state index contributed by atoms with van der Waals surface area (Å²) in [7, 11) is -2.26. The molecule has 0 saturated heterocycles. The van der Waals surface area contributed by atoms with Gasteiger partial charge in [-0.2, -0.15) is 0 Å². The van der Waals surface area contributed by atoms with E-state index in [2.05, 4.69) is 4.72 Å². The molecule has 0 saturated carbocycles. The number of carboxylic acids is 1. The Morgan fingerprint density at radius 2 is 2.00 bits per heavy atom. The van der Waals surface area contributed by atoms with E-state index in [-0.39, 0.29) is 5.75 Å². The second-order valence-electron chi connectivity index (χ2n) is 4.87. The fourth-order valence-electron chi connectivity index (χ4n) is 1.42. The van der Waals surface area contributed by atoms with Crippen molar-refractivity contribution in [2.45, 2.75) is 51.7 Å². The van der Waals surface area contributed by atoms with Crippen LogP contribution in [0.25, 0.3) is 0 Å². The summed E-state index contributed by atoms with van der Waals surface area (Å²) in [4.78, 5) is 11.0. The highest BCUT2D eigenvalue weighted by atomic mass is 32.2. The van der Waals surface area contributed by atoms with Gasteiger partial charge >= 0.3 is 5.97 Å². The summed E-state index contributed by atoms with van der Waals surface area (Å²) in [6.45, 7) is 5.18. The van der Waals surface area contributed by atoms with E-state index in [0.717, 1.165) is 6.42 Å². The summed E-state index contributed by atoms with van der Waals surface area (Å²) < 4.78 is 30.9. The molecule has 0 amide bonds. The molecular weight excluding hydrogens is 258 g/mol. The molecule has 0 heterocycles. The monoisotopic (exact) mass is 281 g/mol. The van der Waals surface area contributed by atoms with Gasteiger partial charge in [0.15, 0.2) is 0 Å². The van der Waals surface area contributed by atoms with Crippen LogP contribution >= 0.6 is 0 Å². The second kappa shape index (κ2) is 7.06. The molecule has 0 rings (SSSR count). The van der Waals surface area contributed by atoms with Gasteiger partial charge < -0.3 is 9.84 Å². The molecule has 6 nitrogen and oxygen atoms in total. The molecule has 0 fully saturated rings. The fourth-order valence-corrected chi connectivity index (χ4v) is 3.18. The SMILES string of the molecule is CCCC[C@H](NS(=O)(=O)CC(C)(C)OC)C(=O)O. The van der Waals surface area contributed by atoms with Gasteiger partial charge in [0.25, 0.3) is 0 Å². The van der Waals surface area contributed by atoms with Gasteiger partial charge in [0.1, 0.15) is 6.04 Å². The Labute approximate surface area is 109 Å². The molecule has 0 radical (unpaired) electrons. The van der Waals surface area contributed by atoms with Crippen molar-refractivity contribution in [3.8, 4) is 0 Å². The maximum Gasteiger partial charge on any atom is 0.321 e. The third-order valence-corrected chi connectivity index (χ3v) is 4.28. The molecule has 0 aliphatic heterocycles. The molecule has 0 aromatic rings. The van der Waals surface area contributed by atoms with E-state index in [1.807, 2.05) is 6.92 Å². The number of sulfonamides is 1. The third kappa shape index (κ3) is 6.93. The standard InChI is InChI=1S/C11H23NO5S/c1-5-6-7-9(10(13)14)12-18(15,16)8-11(2,3)17-4/h9,12H,5-8H2,1-4H3,(H,13,14)/t9-/m0/s1. The van der Waals surface area contributed by atoms with E-state index < -0.39 is 27.6 Å². The molecule has 0 spiro atoms. The van der Waals surface area contributed by atoms with E-state index in [4.69, 9.17) is 9.84 Å². The predicted octanol–water partition coefficient (Wildman–Crippen LogP) is 0.974. The van der Waals surface area contributed by atoms with Crippen molar-refractivity contribution in [1.82, 2.24) is 4.72 Å². The van der Waals surface area contributed by atoms with Crippen molar-refractivity contribution in [2.75, 3.05) is 12.9 Å². The summed E-state index contributed by atoms with van der Waals surface area (Å²) in [6, 6.07) is -1.07. The number of carboxylic acid groups (broad SMARTS) is 1. The summed E-state index contributed by atoms with van der Waals surface area (Å²) >= 11 is 0. The molecule has 2 N–H and O–H groups in total. The summed E-state index contributed by atoms with van der Waals surface area (Å²) in [5, 5.41) is 8.96. The van der Waals surface area contributed by atoms with Crippen molar-refractivity contribution < 1.29 is 23.1 Å². The average Bonchev–Trinajstić information content (AvgIpc) is 2.22. The lowest BCUT2D eigenvalue weighted by Crippen LogP contribution is -2.46. The van der Waals surface area contributed by atoms with E-state index >= 15 is 0 Å². The van der Waals surface area contributed by atoms with Crippen LogP contribution in [0, 0.1) is 0 Å². The topological polar surface area (TPSA) is 92.7 Å². The second-order valence-corrected chi connectivity index (χ2v) is 6.63. The maximum absolute atomic E-state index is 11.8. The Bertz CT molecular complexity index is 364. The first-order chi connectivity index (χ1) is 8.13. The molecule has 0 aromatic heterocycles. The molecule has 0 aliphatic rings. The Hall–Kier alpha value is -0.660. The lowest BCUT2D eigenvalue weighted by molar-refractivity contribution is -0.139. The first-order valence-corrected chi connectivity index (χ1v) is 7.56. The van der Waals surface area contributed by atoms with Gasteiger partial charge in [0.2, 0.25) is 10.0 Å². The molecule has 108 valence electrons. The van der Waals surface area contributed by atoms with Gasteiger partial charge in [0.05, 0.1) is 11.4 Å². The Balaban J connectivity index is 4.66. The van der Waals surface area contributed by atoms with Crippen molar-refractivity contribution in [3.05, 3.63) is 0 Å². The van der Waals surface area contributed by atoms with Crippen LogP contribution in [0.1, 0.15) is 40.0 Å². The van der Waals surface area contributed by atoms with Crippen molar-refractivity contribution in [1.29, 1.82) is 0 Å². The molecule has 7 heteroatoms. The Kier molecular flexibility index (Phi) is 6.80. The van der Waals surface area contributed by atoms with E-state index in [9.17, 15) is 13.2 Å². The molecule has 0 aromatic carbocycles. The molecule has 0 bridgehead atoms. The number of hydrogen-bond donors (Lipinski definition) is 2. The largest absolute Gasteiger partial charge is 0.480 e. The van der Waals surface area contributed by atoms with Crippen LogP contribution in [-0.4, -0.2) is 44.0 Å². The molecule has 0 aliphatic carbocycles. The van der Waals surface area contributed by atoms with Gasteiger partial charge in [-0.1, -0.05) is 19.8 Å². The maximum atomic E-state index is 11.8. The highest BCUT2D eigenvalue weighted by Crippen LogP contribution is 2.11. The van der Waals surface area contributed by atoms with E-state index in [1.165, 1.54) is 7.11 Å². The first-order valence-electron chi connectivity index (χ1n) is 5.91. The minimum Gasteiger partial charge on any atom is -0.480 e. The van der Waals surface area contributed by atoms with Gasteiger partial charge in [-0.25, -0.2) is 13.1 Å². The molecular formula is C11H23NO5S. The van der Waals surface area contributed by atoms with Gasteiger partial charge in [-0.15, -0.1) is 0 Å². The minimum atomic E-state index is -3.68. The van der Waals surface area contributed by atoms with Crippen molar-refractivity contribution in [3.63, 3.8) is 0 Å². The first kappa shape index (κ1) is 17.3.